The smallest absolute Gasteiger partial charge is 0.384 e. The van der Waals surface area contributed by atoms with Gasteiger partial charge in [-0.3, -0.25) is 0 Å². The Hall–Kier alpha value is -0.900. The first-order valence-corrected chi connectivity index (χ1v) is 7.36. The highest BCUT2D eigenvalue weighted by Crippen LogP contribution is 2.36. The Kier molecular flexibility index (Phi) is 6.66. The summed E-state index contributed by atoms with van der Waals surface area (Å²) >= 11 is 5.65. The number of anilines is 1. The number of unbranched alkanes of at least 4 members (excludes halogenated alkanes) is 1. The molecular formula is C15H21ClF3N. The zero-order valence-corrected chi connectivity index (χ0v) is 12.6. The first-order chi connectivity index (χ1) is 9.38. The highest BCUT2D eigenvalue weighted by Gasteiger charge is 2.33. The molecule has 1 N–H and O–H groups in total. The van der Waals surface area contributed by atoms with E-state index in [0.717, 1.165) is 31.7 Å². The summed E-state index contributed by atoms with van der Waals surface area (Å²) in [6, 6.07) is 3.85. The molecule has 0 aliphatic heterocycles. The van der Waals surface area contributed by atoms with Crippen LogP contribution in [-0.4, -0.2) is 6.54 Å². The van der Waals surface area contributed by atoms with Crippen LogP contribution in [0, 0.1) is 5.92 Å². The summed E-state index contributed by atoms with van der Waals surface area (Å²) in [6.07, 6.45) is -0.187. The molecule has 5 heteroatoms. The highest BCUT2D eigenvalue weighted by molar-refractivity contribution is 6.30. The second-order valence-corrected chi connectivity index (χ2v) is 5.42. The summed E-state index contributed by atoms with van der Waals surface area (Å²) in [7, 11) is 0. The van der Waals surface area contributed by atoms with Gasteiger partial charge in [0, 0.05) is 17.3 Å². The van der Waals surface area contributed by atoms with Crippen molar-refractivity contribution in [3.8, 4) is 0 Å². The van der Waals surface area contributed by atoms with E-state index in [0.29, 0.717) is 12.5 Å². The van der Waals surface area contributed by atoms with Gasteiger partial charge in [-0.2, -0.15) is 13.2 Å². The van der Waals surface area contributed by atoms with Gasteiger partial charge in [-0.05, 0) is 30.5 Å². The minimum Gasteiger partial charge on any atom is -0.384 e. The van der Waals surface area contributed by atoms with Gasteiger partial charge in [0.2, 0.25) is 0 Å². The predicted octanol–water partition coefficient (Wildman–Crippen LogP) is 5.99. The number of benzene rings is 1. The van der Waals surface area contributed by atoms with Gasteiger partial charge in [-0.25, -0.2) is 0 Å². The lowest BCUT2D eigenvalue weighted by Gasteiger charge is -2.19. The number of alkyl halides is 3. The van der Waals surface area contributed by atoms with E-state index in [1.165, 1.54) is 12.1 Å². The normalized spacial score (nSPS) is 13.3. The first-order valence-electron chi connectivity index (χ1n) is 6.99. The number of nitrogens with one attached hydrogen (secondary N) is 1. The molecule has 0 bridgehead atoms. The third-order valence-electron chi connectivity index (χ3n) is 3.41. The molecule has 0 radical (unpaired) electrons. The minimum absolute atomic E-state index is 0.0981. The maximum Gasteiger partial charge on any atom is 0.418 e. The third kappa shape index (κ3) is 5.23. The first kappa shape index (κ1) is 17.2. The zero-order valence-electron chi connectivity index (χ0n) is 11.9. The van der Waals surface area contributed by atoms with Crippen molar-refractivity contribution in [2.75, 3.05) is 11.9 Å². The topological polar surface area (TPSA) is 12.0 Å². The maximum absolute atomic E-state index is 12.9. The zero-order chi connectivity index (χ0) is 15.2. The van der Waals surface area contributed by atoms with Crippen LogP contribution in [0.5, 0.6) is 0 Å². The standard InChI is InChI=1S/C15H21ClF3N/c1-3-5-6-11(4-2)10-20-14-8-7-12(16)9-13(14)15(17,18)19/h7-9,11,20H,3-6,10H2,1-2H3. The van der Waals surface area contributed by atoms with Crippen LogP contribution < -0.4 is 5.32 Å². The Morgan fingerprint density at radius 1 is 1.25 bits per heavy atom. The summed E-state index contributed by atoms with van der Waals surface area (Å²) in [6.45, 7) is 4.73. The summed E-state index contributed by atoms with van der Waals surface area (Å²) < 4.78 is 38.8. The van der Waals surface area contributed by atoms with Crippen LogP contribution in [0.4, 0.5) is 18.9 Å². The molecule has 114 valence electrons. The molecule has 0 aliphatic rings. The lowest BCUT2D eigenvalue weighted by Crippen LogP contribution is -2.17. The van der Waals surface area contributed by atoms with Crippen molar-refractivity contribution in [3.05, 3.63) is 28.8 Å². The highest BCUT2D eigenvalue weighted by atomic mass is 35.5. The molecule has 0 heterocycles. The minimum atomic E-state index is -4.39. The van der Waals surface area contributed by atoms with Crippen LogP contribution in [0.25, 0.3) is 0 Å². The lowest BCUT2D eigenvalue weighted by molar-refractivity contribution is -0.136. The fourth-order valence-electron chi connectivity index (χ4n) is 2.10. The SMILES string of the molecule is CCCCC(CC)CNc1ccc(Cl)cc1C(F)(F)F. The molecule has 0 fully saturated rings. The van der Waals surface area contributed by atoms with Crippen molar-refractivity contribution in [1.82, 2.24) is 0 Å². The van der Waals surface area contributed by atoms with E-state index in [4.69, 9.17) is 11.6 Å². The average molecular weight is 308 g/mol. The molecule has 1 unspecified atom stereocenters. The Bertz CT molecular complexity index is 418. The number of rotatable bonds is 7. The van der Waals surface area contributed by atoms with Crippen LogP contribution >= 0.6 is 11.6 Å². The van der Waals surface area contributed by atoms with Gasteiger partial charge >= 0.3 is 6.18 Å². The number of hydrogen-bond acceptors (Lipinski definition) is 1. The monoisotopic (exact) mass is 307 g/mol. The maximum atomic E-state index is 12.9. The van der Waals surface area contributed by atoms with Gasteiger partial charge in [0.1, 0.15) is 0 Å². The molecule has 1 rings (SSSR count). The lowest BCUT2D eigenvalue weighted by atomic mass is 9.99. The fraction of sp³-hybridized carbons (Fsp3) is 0.600. The molecule has 0 aliphatic carbocycles. The van der Waals surface area contributed by atoms with Gasteiger partial charge in [0.05, 0.1) is 5.56 Å². The van der Waals surface area contributed by atoms with Crippen molar-refractivity contribution in [2.45, 2.75) is 45.7 Å². The summed E-state index contributed by atoms with van der Waals surface area (Å²) in [5.74, 6) is 0.395. The molecule has 0 saturated carbocycles. The van der Waals surface area contributed by atoms with Crippen LogP contribution in [0.1, 0.15) is 45.1 Å². The quantitative estimate of drug-likeness (QED) is 0.652. The van der Waals surface area contributed by atoms with Crippen molar-refractivity contribution in [1.29, 1.82) is 0 Å². The van der Waals surface area contributed by atoms with Crippen LogP contribution in [0.3, 0.4) is 0 Å². The Labute approximate surface area is 123 Å². The second-order valence-electron chi connectivity index (χ2n) is 4.99. The molecule has 1 aromatic carbocycles. The van der Waals surface area contributed by atoms with Crippen LogP contribution in [-0.2, 0) is 6.18 Å². The van der Waals surface area contributed by atoms with E-state index >= 15 is 0 Å². The molecule has 0 aromatic heterocycles. The Morgan fingerprint density at radius 3 is 2.50 bits per heavy atom. The van der Waals surface area contributed by atoms with E-state index in [-0.39, 0.29) is 10.7 Å². The fourth-order valence-corrected chi connectivity index (χ4v) is 2.27. The second kappa shape index (κ2) is 7.77. The van der Waals surface area contributed by atoms with E-state index in [2.05, 4.69) is 19.2 Å². The summed E-state index contributed by atoms with van der Waals surface area (Å²) in [4.78, 5) is 0. The van der Waals surface area contributed by atoms with E-state index < -0.39 is 11.7 Å². The molecule has 1 aromatic rings. The van der Waals surface area contributed by atoms with E-state index in [1.807, 2.05) is 0 Å². The van der Waals surface area contributed by atoms with Crippen LogP contribution in [0.15, 0.2) is 18.2 Å². The number of hydrogen-bond donors (Lipinski definition) is 1. The predicted molar refractivity (Wildman–Crippen MR) is 78.2 cm³/mol. The molecule has 0 amide bonds. The molecule has 0 saturated heterocycles. The van der Waals surface area contributed by atoms with Crippen LogP contribution in [0.2, 0.25) is 5.02 Å². The molecule has 1 nitrogen and oxygen atoms in total. The van der Waals surface area contributed by atoms with Gasteiger partial charge in [0.15, 0.2) is 0 Å². The molecule has 1 atom stereocenters. The van der Waals surface area contributed by atoms with Gasteiger partial charge < -0.3 is 5.32 Å². The summed E-state index contributed by atoms with van der Waals surface area (Å²) in [5.41, 5.74) is -0.591. The Balaban J connectivity index is 2.76. The van der Waals surface area contributed by atoms with Crippen molar-refractivity contribution in [3.63, 3.8) is 0 Å². The third-order valence-corrected chi connectivity index (χ3v) is 3.65. The number of halogens is 4. The average Bonchev–Trinajstić information content (AvgIpc) is 2.39. The van der Waals surface area contributed by atoms with Crippen molar-refractivity contribution in [2.24, 2.45) is 5.92 Å². The molecular weight excluding hydrogens is 287 g/mol. The van der Waals surface area contributed by atoms with Gasteiger partial charge in [-0.1, -0.05) is 44.7 Å². The van der Waals surface area contributed by atoms with Gasteiger partial charge in [-0.15, -0.1) is 0 Å². The van der Waals surface area contributed by atoms with Crippen molar-refractivity contribution < 1.29 is 13.2 Å². The summed E-state index contributed by atoms with van der Waals surface area (Å²) in [5, 5.41) is 3.03. The van der Waals surface area contributed by atoms with E-state index in [1.54, 1.807) is 0 Å². The molecule has 20 heavy (non-hydrogen) atoms. The van der Waals surface area contributed by atoms with Crippen molar-refractivity contribution >= 4 is 17.3 Å². The van der Waals surface area contributed by atoms with Gasteiger partial charge in [0.25, 0.3) is 0 Å². The molecule has 0 spiro atoms. The Morgan fingerprint density at radius 2 is 1.95 bits per heavy atom. The largest absolute Gasteiger partial charge is 0.418 e. The van der Waals surface area contributed by atoms with E-state index in [9.17, 15) is 13.2 Å².